The molecule has 21 heavy (non-hydrogen) atoms. The van der Waals surface area contributed by atoms with Crippen molar-refractivity contribution in [1.82, 2.24) is 0 Å². The van der Waals surface area contributed by atoms with E-state index in [4.69, 9.17) is 9.15 Å². The Morgan fingerprint density at radius 3 is 2.57 bits per heavy atom. The van der Waals surface area contributed by atoms with Gasteiger partial charge in [-0.3, -0.25) is 14.3 Å². The van der Waals surface area contributed by atoms with E-state index in [1.807, 2.05) is 0 Å². The maximum absolute atomic E-state index is 12.1. The molecule has 1 aromatic heterocycles. The summed E-state index contributed by atoms with van der Waals surface area (Å²) in [7, 11) is -2.18. The number of anilines is 2. The Morgan fingerprint density at radius 2 is 2.00 bits per heavy atom. The number of hydrogen-bond donors (Lipinski definition) is 2. The number of hydrogen-bond acceptors (Lipinski definition) is 6. The van der Waals surface area contributed by atoms with Crippen molar-refractivity contribution in [2.24, 2.45) is 0 Å². The van der Waals surface area contributed by atoms with Gasteiger partial charge in [-0.2, -0.15) is 0 Å². The summed E-state index contributed by atoms with van der Waals surface area (Å²) in [5.74, 6) is 0.156. The zero-order valence-electron chi connectivity index (χ0n) is 11.2. The van der Waals surface area contributed by atoms with E-state index >= 15 is 0 Å². The molecule has 0 radical (unpaired) electrons. The monoisotopic (exact) mass is 312 g/mol. The molecule has 1 aromatic carbocycles. The van der Waals surface area contributed by atoms with Crippen molar-refractivity contribution >= 4 is 38.8 Å². The van der Waals surface area contributed by atoms with Gasteiger partial charge in [-0.15, -0.1) is 0 Å². The molecule has 0 saturated heterocycles. The summed E-state index contributed by atoms with van der Waals surface area (Å²) in [5.41, 5.74) is -0.189. The number of carbonyl (C=O) groups excluding carboxylic acids is 1. The van der Waals surface area contributed by atoms with E-state index in [0.29, 0.717) is 6.41 Å². The largest absolute Gasteiger partial charge is 0.495 e. The second-order valence-corrected chi connectivity index (χ2v) is 5.91. The Hall–Kier alpha value is -2.55. The highest BCUT2D eigenvalue weighted by Crippen LogP contribution is 2.30. The molecule has 112 valence electrons. The van der Waals surface area contributed by atoms with Crippen LogP contribution in [0.3, 0.4) is 0 Å². The average molecular weight is 312 g/mol. The molecule has 0 bridgehead atoms. The number of nitrogens with one attached hydrogen (secondary N) is 2. The quantitative estimate of drug-likeness (QED) is 0.787. The van der Waals surface area contributed by atoms with E-state index in [2.05, 4.69) is 10.0 Å². The molecule has 0 aliphatic heterocycles. The SMILES string of the molecule is COc1cc2c(=O)c(NC=O)coc2cc1NS(C)(=O)=O. The Morgan fingerprint density at radius 1 is 1.29 bits per heavy atom. The average Bonchev–Trinajstić information content (AvgIpc) is 2.40. The number of sulfonamides is 1. The minimum atomic E-state index is -3.51. The number of ether oxygens (including phenoxy) is 1. The molecule has 9 heteroatoms. The van der Waals surface area contributed by atoms with Gasteiger partial charge in [0, 0.05) is 6.07 Å². The van der Waals surface area contributed by atoms with Gasteiger partial charge in [-0.05, 0) is 6.07 Å². The van der Waals surface area contributed by atoms with Gasteiger partial charge in [0.1, 0.15) is 23.3 Å². The number of methoxy groups -OCH3 is 1. The van der Waals surface area contributed by atoms with E-state index in [1.165, 1.54) is 19.2 Å². The highest BCUT2D eigenvalue weighted by Gasteiger charge is 2.14. The zero-order valence-corrected chi connectivity index (χ0v) is 12.0. The molecular formula is C12H12N2O6S. The third-order valence-electron chi connectivity index (χ3n) is 2.60. The summed E-state index contributed by atoms with van der Waals surface area (Å²) in [6, 6.07) is 2.67. The number of benzene rings is 1. The fraction of sp³-hybridized carbons (Fsp3) is 0.167. The van der Waals surface area contributed by atoms with Crippen LogP contribution in [0.5, 0.6) is 5.75 Å². The second-order valence-electron chi connectivity index (χ2n) is 4.16. The highest BCUT2D eigenvalue weighted by molar-refractivity contribution is 7.92. The Balaban J connectivity index is 2.69. The predicted octanol–water partition coefficient (Wildman–Crippen LogP) is 0.741. The summed E-state index contributed by atoms with van der Waals surface area (Å²) in [4.78, 5) is 22.5. The van der Waals surface area contributed by atoms with Crippen LogP contribution in [0.25, 0.3) is 11.0 Å². The van der Waals surface area contributed by atoms with Crippen LogP contribution in [-0.2, 0) is 14.8 Å². The molecule has 1 amide bonds. The molecule has 2 N–H and O–H groups in total. The van der Waals surface area contributed by atoms with Crippen LogP contribution in [0.1, 0.15) is 0 Å². The normalized spacial score (nSPS) is 11.1. The first kappa shape index (κ1) is 14.9. The standard InChI is InChI=1S/C12H12N2O6S/c1-19-11-3-7-10(4-8(11)14-21(2,17)18)20-5-9(12(7)16)13-6-15/h3-6,14H,1-2H3,(H,13,15). The van der Waals surface area contributed by atoms with Gasteiger partial charge in [0.2, 0.25) is 21.9 Å². The lowest BCUT2D eigenvalue weighted by atomic mass is 10.2. The molecule has 0 fully saturated rings. The Labute approximate surface area is 119 Å². The molecule has 1 heterocycles. The van der Waals surface area contributed by atoms with Crippen molar-refractivity contribution in [2.75, 3.05) is 23.4 Å². The van der Waals surface area contributed by atoms with E-state index < -0.39 is 15.5 Å². The molecule has 0 aliphatic carbocycles. The van der Waals surface area contributed by atoms with Crippen LogP contribution in [0.4, 0.5) is 11.4 Å². The van der Waals surface area contributed by atoms with E-state index in [0.717, 1.165) is 12.5 Å². The van der Waals surface area contributed by atoms with Crippen LogP contribution in [-0.4, -0.2) is 28.2 Å². The third-order valence-corrected chi connectivity index (χ3v) is 3.20. The van der Waals surface area contributed by atoms with E-state index in [1.54, 1.807) is 0 Å². The van der Waals surface area contributed by atoms with Crippen molar-refractivity contribution in [3.8, 4) is 5.75 Å². The fourth-order valence-electron chi connectivity index (χ4n) is 1.77. The Bertz CT molecular complexity index is 856. The summed E-state index contributed by atoms with van der Waals surface area (Å²) in [6.45, 7) is 0. The zero-order chi connectivity index (χ0) is 15.6. The molecule has 0 spiro atoms. The van der Waals surface area contributed by atoms with Crippen molar-refractivity contribution in [2.45, 2.75) is 0 Å². The number of amides is 1. The van der Waals surface area contributed by atoms with Gasteiger partial charge >= 0.3 is 0 Å². The Kier molecular flexibility index (Phi) is 3.85. The molecule has 0 unspecified atom stereocenters. The molecule has 8 nitrogen and oxygen atoms in total. The molecule has 0 saturated carbocycles. The fourth-order valence-corrected chi connectivity index (χ4v) is 2.33. The minimum Gasteiger partial charge on any atom is -0.495 e. The van der Waals surface area contributed by atoms with Gasteiger partial charge in [0.25, 0.3) is 0 Å². The van der Waals surface area contributed by atoms with Crippen molar-refractivity contribution in [3.05, 3.63) is 28.6 Å². The lowest BCUT2D eigenvalue weighted by molar-refractivity contribution is -0.105. The van der Waals surface area contributed by atoms with Crippen molar-refractivity contribution in [1.29, 1.82) is 0 Å². The third kappa shape index (κ3) is 3.14. The lowest BCUT2D eigenvalue weighted by Gasteiger charge is -2.11. The van der Waals surface area contributed by atoms with Crippen LogP contribution in [0, 0.1) is 0 Å². The number of fused-ring (bicyclic) bond motifs is 1. The molecule has 0 aliphatic rings. The minimum absolute atomic E-state index is 0.0247. The molecule has 2 aromatic rings. The smallest absolute Gasteiger partial charge is 0.229 e. The number of rotatable bonds is 5. The highest BCUT2D eigenvalue weighted by atomic mass is 32.2. The first-order valence-corrected chi connectivity index (χ1v) is 7.56. The topological polar surface area (TPSA) is 115 Å². The molecule has 0 atom stereocenters. The van der Waals surface area contributed by atoms with Crippen LogP contribution >= 0.6 is 0 Å². The maximum atomic E-state index is 12.1. The van der Waals surface area contributed by atoms with Gasteiger partial charge in [-0.1, -0.05) is 0 Å². The van der Waals surface area contributed by atoms with E-state index in [9.17, 15) is 18.0 Å². The van der Waals surface area contributed by atoms with Crippen LogP contribution in [0.2, 0.25) is 0 Å². The van der Waals surface area contributed by atoms with Crippen LogP contribution < -0.4 is 20.2 Å². The number of carbonyl (C=O) groups is 1. The molecular weight excluding hydrogens is 300 g/mol. The van der Waals surface area contributed by atoms with Gasteiger partial charge in [0.05, 0.1) is 24.4 Å². The maximum Gasteiger partial charge on any atom is 0.229 e. The second kappa shape index (κ2) is 5.44. The van der Waals surface area contributed by atoms with Crippen molar-refractivity contribution in [3.63, 3.8) is 0 Å². The predicted molar refractivity (Wildman–Crippen MR) is 77.2 cm³/mol. The summed E-state index contributed by atoms with van der Waals surface area (Å²) in [5, 5.41) is 2.37. The van der Waals surface area contributed by atoms with E-state index in [-0.39, 0.29) is 28.1 Å². The van der Waals surface area contributed by atoms with Crippen LogP contribution in [0.15, 0.2) is 27.6 Å². The van der Waals surface area contributed by atoms with Gasteiger partial charge in [0.15, 0.2) is 0 Å². The first-order chi connectivity index (χ1) is 9.85. The summed E-state index contributed by atoms with van der Waals surface area (Å²) in [6.07, 6.45) is 2.43. The summed E-state index contributed by atoms with van der Waals surface area (Å²) >= 11 is 0. The van der Waals surface area contributed by atoms with Crippen molar-refractivity contribution < 1.29 is 22.4 Å². The van der Waals surface area contributed by atoms with Gasteiger partial charge in [-0.25, -0.2) is 8.42 Å². The first-order valence-electron chi connectivity index (χ1n) is 5.67. The summed E-state index contributed by atoms with van der Waals surface area (Å²) < 4.78 is 35.1. The lowest BCUT2D eigenvalue weighted by Crippen LogP contribution is -2.12. The van der Waals surface area contributed by atoms with Gasteiger partial charge < -0.3 is 14.5 Å². The molecule has 2 rings (SSSR count).